The van der Waals surface area contributed by atoms with E-state index in [0.29, 0.717) is 0 Å². The zero-order valence-corrected chi connectivity index (χ0v) is 12.3. The minimum Gasteiger partial charge on any atom is -0.143 e. The van der Waals surface area contributed by atoms with Gasteiger partial charge in [-0.25, -0.2) is 0 Å². The van der Waals surface area contributed by atoms with Gasteiger partial charge in [0.25, 0.3) is 0 Å². The molecule has 0 aromatic heterocycles. The van der Waals surface area contributed by atoms with E-state index in [4.69, 9.17) is 0 Å². The number of hydrogen-bond donors (Lipinski definition) is 1. The van der Waals surface area contributed by atoms with E-state index in [0.717, 1.165) is 4.90 Å². The van der Waals surface area contributed by atoms with E-state index in [1.54, 1.807) is 0 Å². The fraction of sp³-hybridized carbons (Fsp3) is 0.0526. The molecule has 0 heterocycles. The molecule has 3 aromatic rings. The highest BCUT2D eigenvalue weighted by atomic mass is 32.1. The van der Waals surface area contributed by atoms with E-state index in [2.05, 4.69) is 80.2 Å². The predicted molar refractivity (Wildman–Crippen MR) is 90.6 cm³/mol. The van der Waals surface area contributed by atoms with Gasteiger partial charge in [0, 0.05) is 4.90 Å². The summed E-state index contributed by atoms with van der Waals surface area (Å²) < 4.78 is 0. The summed E-state index contributed by atoms with van der Waals surface area (Å²) >= 11 is 4.32. The summed E-state index contributed by atoms with van der Waals surface area (Å²) in [6, 6.07) is 21.1. The zero-order valence-electron chi connectivity index (χ0n) is 11.4. The lowest BCUT2D eigenvalue weighted by Crippen LogP contribution is -2.24. The molecule has 3 rings (SSSR count). The van der Waals surface area contributed by atoms with Crippen LogP contribution in [0.5, 0.6) is 0 Å². The average molecular weight is 276 g/mol. The largest absolute Gasteiger partial charge is 0.143 e. The van der Waals surface area contributed by atoms with Crippen molar-refractivity contribution in [1.82, 2.24) is 0 Å². The van der Waals surface area contributed by atoms with Crippen LogP contribution in [0.2, 0.25) is 0 Å². The van der Waals surface area contributed by atoms with Crippen molar-refractivity contribution in [3.63, 3.8) is 0 Å². The quantitative estimate of drug-likeness (QED) is 0.643. The molecule has 0 N–H and O–H groups in total. The van der Waals surface area contributed by atoms with E-state index >= 15 is 0 Å². The van der Waals surface area contributed by atoms with Crippen molar-refractivity contribution in [3.05, 3.63) is 76.7 Å². The molecule has 0 spiro atoms. The number of hydrogen-bond acceptors (Lipinski definition) is 1. The summed E-state index contributed by atoms with van der Waals surface area (Å²) in [5.74, 6) is 0. The van der Waals surface area contributed by atoms with Gasteiger partial charge in [-0.2, -0.15) is 0 Å². The number of benzene rings is 3. The van der Waals surface area contributed by atoms with Crippen LogP contribution in [0.3, 0.4) is 0 Å². The van der Waals surface area contributed by atoms with Gasteiger partial charge >= 0.3 is 0 Å². The third-order valence-corrected chi connectivity index (χ3v) is 3.81. The maximum absolute atomic E-state index is 4.32. The monoisotopic (exact) mass is 276 g/mol. The minimum absolute atomic E-state index is 0.989. The Labute approximate surface area is 124 Å². The summed E-state index contributed by atoms with van der Waals surface area (Å²) in [6.45, 7) is 2.09. The molecule has 3 aromatic carbocycles. The van der Waals surface area contributed by atoms with Crippen LogP contribution >= 0.6 is 12.6 Å². The van der Waals surface area contributed by atoms with Crippen molar-refractivity contribution in [2.24, 2.45) is 0 Å². The Morgan fingerprint density at radius 1 is 0.850 bits per heavy atom. The Hall–Kier alpha value is -1.99. The molecule has 0 saturated heterocycles. The Bertz CT molecular complexity index is 858. The van der Waals surface area contributed by atoms with Gasteiger partial charge in [-0.1, -0.05) is 54.6 Å². The average Bonchev–Trinajstić information content (AvgIpc) is 2.49. The maximum Gasteiger partial charge on any atom is 0.00403 e. The fourth-order valence-corrected chi connectivity index (χ4v) is 2.66. The molecule has 98 valence electrons. The molecule has 0 fully saturated rings. The Balaban J connectivity index is 2.29. The van der Waals surface area contributed by atoms with Crippen molar-refractivity contribution >= 4 is 35.6 Å². The first kappa shape index (κ1) is 13.0. The summed E-state index contributed by atoms with van der Waals surface area (Å²) in [5.41, 5.74) is 1.20. The lowest BCUT2D eigenvalue weighted by Gasteiger charge is -2.00. The maximum atomic E-state index is 4.32. The molecule has 0 saturated carbocycles. The number of rotatable bonds is 1. The van der Waals surface area contributed by atoms with Crippen LogP contribution in [0, 0.1) is 0 Å². The first-order valence-electron chi connectivity index (χ1n) is 6.73. The van der Waals surface area contributed by atoms with E-state index in [-0.39, 0.29) is 0 Å². The molecular weight excluding hydrogens is 260 g/mol. The molecule has 1 heteroatoms. The van der Waals surface area contributed by atoms with Crippen LogP contribution in [-0.4, -0.2) is 0 Å². The van der Waals surface area contributed by atoms with Gasteiger partial charge in [0.05, 0.1) is 0 Å². The first-order chi connectivity index (χ1) is 9.78. The highest BCUT2D eigenvalue weighted by Gasteiger charge is 1.95. The third-order valence-electron chi connectivity index (χ3n) is 3.51. The fourth-order valence-electron chi connectivity index (χ4n) is 2.51. The van der Waals surface area contributed by atoms with Crippen molar-refractivity contribution < 1.29 is 0 Å². The van der Waals surface area contributed by atoms with Crippen LogP contribution in [0.4, 0.5) is 0 Å². The van der Waals surface area contributed by atoms with E-state index in [1.807, 2.05) is 12.1 Å². The summed E-state index contributed by atoms with van der Waals surface area (Å²) in [5, 5.41) is 5.12. The first-order valence-corrected chi connectivity index (χ1v) is 7.17. The molecule has 0 atom stereocenters. The van der Waals surface area contributed by atoms with Gasteiger partial charge in [-0.15, -0.1) is 12.6 Å². The van der Waals surface area contributed by atoms with Crippen molar-refractivity contribution in [2.75, 3.05) is 0 Å². The molecule has 0 amide bonds. The molecule has 0 aliphatic carbocycles. The molecule has 20 heavy (non-hydrogen) atoms. The topological polar surface area (TPSA) is 0 Å². The van der Waals surface area contributed by atoms with Crippen molar-refractivity contribution in [2.45, 2.75) is 11.8 Å². The summed E-state index contributed by atoms with van der Waals surface area (Å²) in [6.07, 6.45) is 4.40. The van der Waals surface area contributed by atoms with Gasteiger partial charge in [0.2, 0.25) is 0 Å². The second-order valence-electron chi connectivity index (χ2n) is 4.81. The van der Waals surface area contributed by atoms with Gasteiger partial charge < -0.3 is 0 Å². The molecule has 0 radical (unpaired) electrons. The van der Waals surface area contributed by atoms with Crippen molar-refractivity contribution in [1.29, 1.82) is 0 Å². The second-order valence-corrected chi connectivity index (χ2v) is 5.33. The molecule has 0 unspecified atom stereocenters. The van der Waals surface area contributed by atoms with Gasteiger partial charge in [0.15, 0.2) is 0 Å². The van der Waals surface area contributed by atoms with E-state index < -0.39 is 0 Å². The molecule has 0 bridgehead atoms. The zero-order chi connectivity index (χ0) is 13.9. The van der Waals surface area contributed by atoms with Crippen LogP contribution in [0.15, 0.2) is 65.6 Å². The van der Waals surface area contributed by atoms with Gasteiger partial charge in [-0.3, -0.25) is 0 Å². The third kappa shape index (κ3) is 2.50. The lowest BCUT2D eigenvalue weighted by atomic mass is 10.0. The van der Waals surface area contributed by atoms with Gasteiger partial charge in [-0.05, 0) is 51.9 Å². The van der Waals surface area contributed by atoms with Crippen LogP contribution in [0.1, 0.15) is 12.5 Å². The van der Waals surface area contributed by atoms with Gasteiger partial charge in [0.1, 0.15) is 0 Å². The van der Waals surface area contributed by atoms with Crippen LogP contribution < -0.4 is 10.4 Å². The van der Waals surface area contributed by atoms with E-state index in [9.17, 15) is 0 Å². The Morgan fingerprint density at radius 3 is 2.35 bits per heavy atom. The Morgan fingerprint density at radius 2 is 1.60 bits per heavy atom. The van der Waals surface area contributed by atoms with Crippen molar-refractivity contribution in [3.8, 4) is 0 Å². The van der Waals surface area contributed by atoms with E-state index in [1.165, 1.54) is 26.8 Å². The highest BCUT2D eigenvalue weighted by Crippen LogP contribution is 2.09. The summed E-state index contributed by atoms with van der Waals surface area (Å²) in [7, 11) is 0. The number of fused-ring (bicyclic) bond motifs is 1. The van der Waals surface area contributed by atoms with Crippen LogP contribution in [-0.2, 0) is 0 Å². The summed E-state index contributed by atoms with van der Waals surface area (Å²) in [4.78, 5) is 0.989. The highest BCUT2D eigenvalue weighted by molar-refractivity contribution is 7.80. The standard InChI is InChI=1S/C19H16S/c1-2-18-16(13-14-7-11-17(20)12-8-14)10-9-15-5-3-4-6-19(15)18/h2-13,20H,1H3/b16-13-,18-2+. The second kappa shape index (κ2) is 5.56. The predicted octanol–water partition coefficient (Wildman–Crippen LogP) is 3.76. The minimum atomic E-state index is 0.989. The number of thiol groups is 1. The SMILES string of the molecule is C/C=c1\c(=C/c2ccc(S)cc2)ccc2ccccc12. The molecule has 0 nitrogen and oxygen atoms in total. The Kier molecular flexibility index (Phi) is 3.62. The normalized spacial score (nSPS) is 13.1. The molecule has 0 aliphatic heterocycles. The molecule has 0 aliphatic rings. The lowest BCUT2D eigenvalue weighted by molar-refractivity contribution is 1.45. The van der Waals surface area contributed by atoms with Crippen LogP contribution in [0.25, 0.3) is 22.9 Å². The molecular formula is C19H16S. The smallest absolute Gasteiger partial charge is 0.00403 e.